The second-order valence-corrected chi connectivity index (χ2v) is 6.54. The minimum absolute atomic E-state index is 0.706. The van der Waals surface area contributed by atoms with E-state index in [1.54, 1.807) is 0 Å². The van der Waals surface area contributed by atoms with Crippen LogP contribution < -0.4 is 5.32 Å². The Morgan fingerprint density at radius 3 is 2.95 bits per heavy atom. The van der Waals surface area contributed by atoms with Crippen LogP contribution in [0.5, 0.6) is 0 Å². The van der Waals surface area contributed by atoms with Gasteiger partial charge in [-0.15, -0.1) is 0 Å². The Bertz CT molecular complexity index is 387. The number of hydrogen-bond acceptors (Lipinski definition) is 2. The van der Waals surface area contributed by atoms with Crippen LogP contribution in [0.1, 0.15) is 57.1 Å². The Kier molecular flexibility index (Phi) is 5.38. The maximum atomic E-state index is 4.22. The summed E-state index contributed by atoms with van der Waals surface area (Å²) in [5, 5.41) is 3.74. The molecule has 0 aromatic carbocycles. The Hall–Kier alpha value is -0.890. The van der Waals surface area contributed by atoms with E-state index in [0.717, 1.165) is 18.4 Å². The zero-order valence-corrected chi connectivity index (χ0v) is 12.7. The smallest absolute Gasteiger partial charge is 0.0315 e. The van der Waals surface area contributed by atoms with Gasteiger partial charge in [-0.25, -0.2) is 0 Å². The highest BCUT2D eigenvalue weighted by molar-refractivity contribution is 5.21. The van der Waals surface area contributed by atoms with E-state index in [1.165, 1.54) is 43.2 Å². The number of nitrogens with zero attached hydrogens (tertiary/aromatic N) is 1. The molecule has 1 aromatic heterocycles. The van der Waals surface area contributed by atoms with Crippen molar-refractivity contribution in [3.05, 3.63) is 29.6 Å². The van der Waals surface area contributed by atoms with Crippen LogP contribution in [0.2, 0.25) is 0 Å². The number of hydrogen-bond donors (Lipinski definition) is 1. The Morgan fingerprint density at radius 2 is 2.21 bits per heavy atom. The zero-order valence-electron chi connectivity index (χ0n) is 12.7. The lowest BCUT2D eigenvalue weighted by atomic mass is 9.81. The van der Waals surface area contributed by atoms with Crippen molar-refractivity contribution in [2.45, 2.75) is 65.5 Å². The average Bonchev–Trinajstić information content (AvgIpc) is 2.37. The molecule has 0 radical (unpaired) electrons. The van der Waals surface area contributed by atoms with Crippen LogP contribution >= 0.6 is 0 Å². The minimum atomic E-state index is 0.706. The maximum absolute atomic E-state index is 4.22. The summed E-state index contributed by atoms with van der Waals surface area (Å²) >= 11 is 0. The summed E-state index contributed by atoms with van der Waals surface area (Å²) in [7, 11) is 0. The van der Waals surface area contributed by atoms with Crippen molar-refractivity contribution in [1.82, 2.24) is 10.3 Å². The van der Waals surface area contributed by atoms with Crippen molar-refractivity contribution >= 4 is 0 Å². The van der Waals surface area contributed by atoms with Crippen LogP contribution in [0.15, 0.2) is 18.5 Å². The van der Waals surface area contributed by atoms with Crippen LogP contribution in [-0.4, -0.2) is 11.0 Å². The number of nitrogens with one attached hydrogen (secondary N) is 1. The van der Waals surface area contributed by atoms with E-state index in [0.29, 0.717) is 6.04 Å². The number of pyridine rings is 1. The summed E-state index contributed by atoms with van der Waals surface area (Å²) in [5.41, 5.74) is 2.69. The van der Waals surface area contributed by atoms with Gasteiger partial charge in [0, 0.05) is 25.0 Å². The third kappa shape index (κ3) is 4.61. The molecule has 1 aliphatic carbocycles. The third-order valence-electron chi connectivity index (χ3n) is 4.32. The maximum Gasteiger partial charge on any atom is 0.0315 e. The second-order valence-electron chi connectivity index (χ2n) is 6.54. The Labute approximate surface area is 118 Å². The van der Waals surface area contributed by atoms with E-state index in [1.807, 2.05) is 12.4 Å². The number of aryl methyl sites for hydroxylation is 1. The quantitative estimate of drug-likeness (QED) is 0.862. The summed E-state index contributed by atoms with van der Waals surface area (Å²) in [6, 6.07) is 2.80. The van der Waals surface area contributed by atoms with E-state index < -0.39 is 0 Å². The van der Waals surface area contributed by atoms with E-state index >= 15 is 0 Å². The van der Waals surface area contributed by atoms with Gasteiger partial charge in [0.1, 0.15) is 0 Å². The minimum Gasteiger partial charge on any atom is -0.310 e. The van der Waals surface area contributed by atoms with E-state index in [9.17, 15) is 0 Å². The molecule has 19 heavy (non-hydrogen) atoms. The Morgan fingerprint density at radius 1 is 1.37 bits per heavy atom. The SMILES string of the molecule is Cc1ccncc1CNC1CCCC(CC(C)C)C1. The highest BCUT2D eigenvalue weighted by Gasteiger charge is 2.22. The topological polar surface area (TPSA) is 24.9 Å². The lowest BCUT2D eigenvalue weighted by molar-refractivity contribution is 0.252. The van der Waals surface area contributed by atoms with Gasteiger partial charge in [-0.05, 0) is 55.2 Å². The first-order valence-electron chi connectivity index (χ1n) is 7.78. The van der Waals surface area contributed by atoms with Gasteiger partial charge in [0.2, 0.25) is 0 Å². The summed E-state index contributed by atoms with van der Waals surface area (Å²) < 4.78 is 0. The summed E-state index contributed by atoms with van der Waals surface area (Å²) in [6.45, 7) is 7.83. The number of rotatable bonds is 5. The molecular weight excluding hydrogens is 232 g/mol. The van der Waals surface area contributed by atoms with Gasteiger partial charge >= 0.3 is 0 Å². The van der Waals surface area contributed by atoms with Crippen molar-refractivity contribution in [2.75, 3.05) is 0 Å². The first kappa shape index (κ1) is 14.5. The molecule has 1 heterocycles. The predicted octanol–water partition coefficient (Wildman–Crippen LogP) is 4.08. The second kappa shape index (κ2) is 7.04. The molecule has 1 fully saturated rings. The van der Waals surface area contributed by atoms with Gasteiger partial charge in [-0.1, -0.05) is 26.7 Å². The zero-order chi connectivity index (χ0) is 13.7. The largest absolute Gasteiger partial charge is 0.310 e. The first-order valence-corrected chi connectivity index (χ1v) is 7.78. The molecule has 2 nitrogen and oxygen atoms in total. The van der Waals surface area contributed by atoms with Crippen LogP contribution in [0.3, 0.4) is 0 Å². The fourth-order valence-corrected chi connectivity index (χ4v) is 3.29. The summed E-state index contributed by atoms with van der Waals surface area (Å²) in [4.78, 5) is 4.22. The molecule has 1 aromatic rings. The lowest BCUT2D eigenvalue weighted by Gasteiger charge is -2.31. The van der Waals surface area contributed by atoms with Gasteiger partial charge in [0.25, 0.3) is 0 Å². The highest BCUT2D eigenvalue weighted by atomic mass is 14.9. The fraction of sp³-hybridized carbons (Fsp3) is 0.706. The van der Waals surface area contributed by atoms with E-state index in [2.05, 4.69) is 37.1 Å². The molecule has 2 heteroatoms. The van der Waals surface area contributed by atoms with Gasteiger partial charge in [0.15, 0.2) is 0 Å². The van der Waals surface area contributed by atoms with Gasteiger partial charge in [-0.2, -0.15) is 0 Å². The molecule has 106 valence electrons. The van der Waals surface area contributed by atoms with Crippen molar-refractivity contribution < 1.29 is 0 Å². The molecule has 0 bridgehead atoms. The molecule has 0 amide bonds. The molecule has 2 rings (SSSR count). The van der Waals surface area contributed by atoms with Crippen LogP contribution in [0.4, 0.5) is 0 Å². The molecule has 0 aliphatic heterocycles. The summed E-state index contributed by atoms with van der Waals surface area (Å²) in [6.07, 6.45) is 10.8. The summed E-state index contributed by atoms with van der Waals surface area (Å²) in [5.74, 6) is 1.77. The van der Waals surface area contributed by atoms with Crippen LogP contribution in [0.25, 0.3) is 0 Å². The van der Waals surface area contributed by atoms with Gasteiger partial charge < -0.3 is 5.32 Å². The van der Waals surface area contributed by atoms with Crippen molar-refractivity contribution in [3.63, 3.8) is 0 Å². The standard InChI is InChI=1S/C17H28N2/c1-13(2)9-15-5-4-6-17(10-15)19-12-16-11-18-8-7-14(16)3/h7-8,11,13,15,17,19H,4-6,9-10,12H2,1-3H3. The van der Waals surface area contributed by atoms with Crippen LogP contribution in [-0.2, 0) is 6.54 Å². The highest BCUT2D eigenvalue weighted by Crippen LogP contribution is 2.29. The van der Waals surface area contributed by atoms with E-state index in [-0.39, 0.29) is 0 Å². The van der Waals surface area contributed by atoms with Crippen molar-refractivity contribution in [1.29, 1.82) is 0 Å². The van der Waals surface area contributed by atoms with E-state index in [4.69, 9.17) is 0 Å². The van der Waals surface area contributed by atoms with Crippen molar-refractivity contribution in [2.24, 2.45) is 11.8 Å². The molecule has 1 saturated carbocycles. The molecule has 2 atom stereocenters. The lowest BCUT2D eigenvalue weighted by Crippen LogP contribution is -2.34. The van der Waals surface area contributed by atoms with Gasteiger partial charge in [-0.3, -0.25) is 4.98 Å². The molecule has 1 aliphatic rings. The fourth-order valence-electron chi connectivity index (χ4n) is 3.29. The normalized spacial score (nSPS) is 23.8. The van der Waals surface area contributed by atoms with Crippen LogP contribution in [0, 0.1) is 18.8 Å². The van der Waals surface area contributed by atoms with Crippen molar-refractivity contribution in [3.8, 4) is 0 Å². The molecule has 0 spiro atoms. The third-order valence-corrected chi connectivity index (χ3v) is 4.32. The first-order chi connectivity index (χ1) is 9.15. The monoisotopic (exact) mass is 260 g/mol. The Balaban J connectivity index is 1.81. The molecule has 1 N–H and O–H groups in total. The average molecular weight is 260 g/mol. The predicted molar refractivity (Wildman–Crippen MR) is 81.0 cm³/mol. The molecule has 0 saturated heterocycles. The molecule has 2 unspecified atom stereocenters. The number of aromatic nitrogens is 1. The molecular formula is C17H28N2. The van der Waals surface area contributed by atoms with Gasteiger partial charge in [0.05, 0.1) is 0 Å².